The van der Waals surface area contributed by atoms with Gasteiger partial charge in [-0.05, 0) is 19.4 Å². The third kappa shape index (κ3) is 3.42. The van der Waals surface area contributed by atoms with E-state index in [2.05, 4.69) is 5.48 Å². The van der Waals surface area contributed by atoms with E-state index >= 15 is 0 Å². The van der Waals surface area contributed by atoms with Gasteiger partial charge in [0.1, 0.15) is 0 Å². The molecular weight excluding hydrogens is 238 g/mol. The highest BCUT2D eigenvalue weighted by atomic mass is 16.7. The standard InChI is InChI=1S/C11H15N3O4/c1-3-7(2)18-13-11(15)9-6-8(14(16)17)4-5-10(9)12/h4-7H,3,12H2,1-2H3,(H,13,15). The van der Waals surface area contributed by atoms with Gasteiger partial charge in [0, 0.05) is 17.8 Å². The zero-order chi connectivity index (χ0) is 13.7. The summed E-state index contributed by atoms with van der Waals surface area (Å²) in [5.74, 6) is -0.600. The molecule has 7 nitrogen and oxygen atoms in total. The molecule has 1 amide bonds. The van der Waals surface area contributed by atoms with Crippen LogP contribution in [0.5, 0.6) is 0 Å². The van der Waals surface area contributed by atoms with Gasteiger partial charge in [0.25, 0.3) is 11.6 Å². The van der Waals surface area contributed by atoms with E-state index in [-0.39, 0.29) is 23.0 Å². The number of nitrogens with zero attached hydrogens (tertiary/aromatic N) is 1. The number of hydrogen-bond acceptors (Lipinski definition) is 5. The van der Waals surface area contributed by atoms with Crippen LogP contribution in [0.25, 0.3) is 0 Å². The van der Waals surface area contributed by atoms with Crippen molar-refractivity contribution >= 4 is 17.3 Å². The van der Waals surface area contributed by atoms with E-state index in [1.54, 1.807) is 6.92 Å². The summed E-state index contributed by atoms with van der Waals surface area (Å²) in [6.45, 7) is 3.69. The Balaban J connectivity index is 2.84. The van der Waals surface area contributed by atoms with Crippen LogP contribution in [-0.2, 0) is 4.84 Å². The monoisotopic (exact) mass is 253 g/mol. The second-order valence-electron chi connectivity index (χ2n) is 3.80. The molecule has 0 bridgehead atoms. The number of hydroxylamine groups is 1. The van der Waals surface area contributed by atoms with Gasteiger partial charge in [0.15, 0.2) is 0 Å². The molecule has 7 heteroatoms. The van der Waals surface area contributed by atoms with Gasteiger partial charge in [-0.25, -0.2) is 5.48 Å². The second-order valence-corrected chi connectivity index (χ2v) is 3.80. The average Bonchev–Trinajstić information content (AvgIpc) is 2.35. The predicted octanol–water partition coefficient (Wildman–Crippen LogP) is 1.64. The van der Waals surface area contributed by atoms with Gasteiger partial charge < -0.3 is 5.73 Å². The molecule has 18 heavy (non-hydrogen) atoms. The Morgan fingerprint density at radius 2 is 2.28 bits per heavy atom. The van der Waals surface area contributed by atoms with E-state index in [0.29, 0.717) is 0 Å². The molecule has 0 aliphatic rings. The normalized spacial score (nSPS) is 11.9. The minimum atomic E-state index is -0.600. The Kier molecular flexibility index (Phi) is 4.61. The molecule has 98 valence electrons. The number of carbonyl (C=O) groups is 1. The number of hydrogen-bond donors (Lipinski definition) is 2. The lowest BCUT2D eigenvalue weighted by atomic mass is 10.1. The molecule has 0 aliphatic heterocycles. The Bertz CT molecular complexity index is 462. The fraction of sp³-hybridized carbons (Fsp3) is 0.364. The Morgan fingerprint density at radius 3 is 2.83 bits per heavy atom. The molecule has 0 aliphatic carbocycles. The number of nitrogens with one attached hydrogen (secondary N) is 1. The molecule has 3 N–H and O–H groups in total. The van der Waals surface area contributed by atoms with Crippen molar-refractivity contribution in [3.8, 4) is 0 Å². The van der Waals surface area contributed by atoms with Crippen LogP contribution in [0.3, 0.4) is 0 Å². The van der Waals surface area contributed by atoms with Crippen molar-refractivity contribution in [2.45, 2.75) is 26.4 Å². The third-order valence-corrected chi connectivity index (χ3v) is 2.42. The second kappa shape index (κ2) is 5.97. The maximum Gasteiger partial charge on any atom is 0.277 e. The van der Waals surface area contributed by atoms with Gasteiger partial charge in [0.2, 0.25) is 0 Å². The van der Waals surface area contributed by atoms with Crippen LogP contribution in [0.1, 0.15) is 30.6 Å². The van der Waals surface area contributed by atoms with Gasteiger partial charge in [-0.15, -0.1) is 0 Å². The molecule has 1 rings (SSSR count). The first-order valence-corrected chi connectivity index (χ1v) is 5.45. The molecule has 1 aromatic carbocycles. The van der Waals surface area contributed by atoms with Crippen LogP contribution in [-0.4, -0.2) is 16.9 Å². The fourth-order valence-electron chi connectivity index (χ4n) is 1.15. The summed E-state index contributed by atoms with van der Waals surface area (Å²) in [7, 11) is 0. The number of anilines is 1. The molecule has 0 aromatic heterocycles. The highest BCUT2D eigenvalue weighted by Crippen LogP contribution is 2.19. The molecule has 1 atom stereocenters. The number of nitrogens with two attached hydrogens (primary N) is 1. The van der Waals surface area contributed by atoms with Crippen molar-refractivity contribution in [2.24, 2.45) is 0 Å². The molecule has 1 aromatic rings. The minimum Gasteiger partial charge on any atom is -0.398 e. The summed E-state index contributed by atoms with van der Waals surface area (Å²) < 4.78 is 0. The maximum absolute atomic E-state index is 11.7. The quantitative estimate of drug-likeness (QED) is 0.471. The van der Waals surface area contributed by atoms with Gasteiger partial charge in [0.05, 0.1) is 16.6 Å². The SMILES string of the molecule is CCC(C)ONC(=O)c1cc([N+](=O)[O-])ccc1N. The molecule has 1 unspecified atom stereocenters. The van der Waals surface area contributed by atoms with E-state index in [9.17, 15) is 14.9 Å². The minimum absolute atomic E-state index is 0.0208. The molecule has 0 saturated heterocycles. The van der Waals surface area contributed by atoms with E-state index in [0.717, 1.165) is 12.5 Å². The largest absolute Gasteiger partial charge is 0.398 e. The smallest absolute Gasteiger partial charge is 0.277 e. The first kappa shape index (κ1) is 13.9. The van der Waals surface area contributed by atoms with Crippen molar-refractivity contribution in [1.29, 1.82) is 0 Å². The summed E-state index contributed by atoms with van der Waals surface area (Å²) in [6, 6.07) is 3.67. The number of nitrogen functional groups attached to an aromatic ring is 1. The van der Waals surface area contributed by atoms with Crippen LogP contribution in [0.15, 0.2) is 18.2 Å². The van der Waals surface area contributed by atoms with Crippen molar-refractivity contribution in [3.63, 3.8) is 0 Å². The first-order chi connectivity index (χ1) is 8.45. The topological polar surface area (TPSA) is 107 Å². The zero-order valence-electron chi connectivity index (χ0n) is 10.2. The van der Waals surface area contributed by atoms with Gasteiger partial charge in [-0.2, -0.15) is 0 Å². The Labute approximate surface area is 104 Å². The van der Waals surface area contributed by atoms with Crippen LogP contribution in [0.2, 0.25) is 0 Å². The number of carbonyl (C=O) groups excluding carboxylic acids is 1. The molecule has 0 saturated carbocycles. The van der Waals surface area contributed by atoms with Crippen LogP contribution < -0.4 is 11.2 Å². The summed E-state index contributed by atoms with van der Waals surface area (Å²) in [4.78, 5) is 26.8. The van der Waals surface area contributed by atoms with E-state index in [1.807, 2.05) is 6.92 Å². The molecule has 0 radical (unpaired) electrons. The number of nitro groups is 1. The van der Waals surface area contributed by atoms with Crippen LogP contribution in [0.4, 0.5) is 11.4 Å². The average molecular weight is 253 g/mol. The number of rotatable bonds is 5. The van der Waals surface area contributed by atoms with Crippen molar-refractivity contribution in [1.82, 2.24) is 5.48 Å². The number of amides is 1. The Morgan fingerprint density at radius 1 is 1.61 bits per heavy atom. The highest BCUT2D eigenvalue weighted by molar-refractivity contribution is 5.99. The number of benzene rings is 1. The lowest BCUT2D eigenvalue weighted by Crippen LogP contribution is -2.28. The van der Waals surface area contributed by atoms with E-state index in [4.69, 9.17) is 10.6 Å². The number of non-ortho nitro benzene ring substituents is 1. The zero-order valence-corrected chi connectivity index (χ0v) is 10.2. The van der Waals surface area contributed by atoms with E-state index < -0.39 is 10.8 Å². The summed E-state index contributed by atoms with van der Waals surface area (Å²) in [5, 5.41) is 10.6. The van der Waals surface area contributed by atoms with Crippen molar-refractivity contribution in [3.05, 3.63) is 33.9 Å². The summed E-state index contributed by atoms with van der Waals surface area (Å²) >= 11 is 0. The van der Waals surface area contributed by atoms with Gasteiger partial charge in [-0.3, -0.25) is 19.7 Å². The van der Waals surface area contributed by atoms with Gasteiger partial charge >= 0.3 is 0 Å². The summed E-state index contributed by atoms with van der Waals surface area (Å²) in [6.07, 6.45) is 0.582. The van der Waals surface area contributed by atoms with Crippen molar-refractivity contribution < 1.29 is 14.6 Å². The number of nitro benzene ring substituents is 1. The lowest BCUT2D eigenvalue weighted by Gasteiger charge is -2.11. The highest BCUT2D eigenvalue weighted by Gasteiger charge is 2.15. The molecule has 0 heterocycles. The first-order valence-electron chi connectivity index (χ1n) is 5.45. The maximum atomic E-state index is 11.7. The van der Waals surface area contributed by atoms with Gasteiger partial charge in [-0.1, -0.05) is 6.92 Å². The fourth-order valence-corrected chi connectivity index (χ4v) is 1.15. The molecule has 0 spiro atoms. The van der Waals surface area contributed by atoms with Crippen LogP contribution >= 0.6 is 0 Å². The molecule has 0 fully saturated rings. The predicted molar refractivity (Wildman–Crippen MR) is 65.8 cm³/mol. The lowest BCUT2D eigenvalue weighted by molar-refractivity contribution is -0.384. The van der Waals surface area contributed by atoms with Crippen LogP contribution in [0, 0.1) is 10.1 Å². The van der Waals surface area contributed by atoms with E-state index in [1.165, 1.54) is 12.1 Å². The Hall–Kier alpha value is -2.15. The third-order valence-electron chi connectivity index (χ3n) is 2.42. The molecular formula is C11H15N3O4. The summed E-state index contributed by atoms with van der Waals surface area (Å²) in [5.41, 5.74) is 7.79. The van der Waals surface area contributed by atoms with Crippen molar-refractivity contribution in [2.75, 3.05) is 5.73 Å².